The third kappa shape index (κ3) is 3.83. The van der Waals surface area contributed by atoms with Crippen LogP contribution in [-0.4, -0.2) is 52.2 Å². The second-order valence-corrected chi connectivity index (χ2v) is 3.82. The molecule has 1 heterocycles. The van der Waals surface area contributed by atoms with Crippen LogP contribution >= 0.6 is 0 Å². The molecule has 7 heteroatoms. The average Bonchev–Trinajstić information content (AvgIpc) is 2.77. The van der Waals surface area contributed by atoms with Crippen LogP contribution in [-0.2, 0) is 16.0 Å². The van der Waals surface area contributed by atoms with E-state index in [9.17, 15) is 9.59 Å². The fourth-order valence-corrected chi connectivity index (χ4v) is 1.38. The Hall–Kier alpha value is -1.92. The second-order valence-electron chi connectivity index (χ2n) is 3.82. The summed E-state index contributed by atoms with van der Waals surface area (Å²) in [5.74, 6) is -0.102. The number of esters is 1. The van der Waals surface area contributed by atoms with Gasteiger partial charge in [0.15, 0.2) is 0 Å². The van der Waals surface area contributed by atoms with E-state index in [0.29, 0.717) is 12.4 Å². The predicted octanol–water partition coefficient (Wildman–Crippen LogP) is 0.392. The van der Waals surface area contributed by atoms with Gasteiger partial charge in [-0.2, -0.15) is 0 Å². The van der Waals surface area contributed by atoms with Gasteiger partial charge in [-0.25, -0.2) is 4.98 Å². The first kappa shape index (κ1) is 14.1. The van der Waals surface area contributed by atoms with Gasteiger partial charge in [0.2, 0.25) is 5.82 Å². The third-order valence-corrected chi connectivity index (χ3v) is 2.23. The van der Waals surface area contributed by atoms with Crippen LogP contribution in [0.3, 0.4) is 0 Å². The van der Waals surface area contributed by atoms with Crippen molar-refractivity contribution in [3.05, 3.63) is 11.6 Å². The summed E-state index contributed by atoms with van der Waals surface area (Å²) in [7, 11) is 1.51. The van der Waals surface area contributed by atoms with Crippen LogP contribution in [0, 0.1) is 0 Å². The number of H-pyrrole nitrogens is 1. The van der Waals surface area contributed by atoms with E-state index in [1.807, 2.05) is 6.92 Å². The SMILES string of the molecule is CCCc1nc(C(=O)N(C)CC(=O)OCC)n[nH]1. The summed E-state index contributed by atoms with van der Waals surface area (Å²) in [6.07, 6.45) is 1.66. The number of carbonyl (C=O) groups excluding carboxylic acids is 2. The van der Waals surface area contributed by atoms with Crippen molar-refractivity contribution in [2.24, 2.45) is 0 Å². The van der Waals surface area contributed by atoms with Crippen LogP contribution in [0.15, 0.2) is 0 Å². The number of nitrogens with zero attached hydrogens (tertiary/aromatic N) is 3. The zero-order valence-corrected chi connectivity index (χ0v) is 10.9. The maximum Gasteiger partial charge on any atom is 0.325 e. The first-order valence-corrected chi connectivity index (χ1v) is 5.90. The van der Waals surface area contributed by atoms with E-state index in [1.54, 1.807) is 6.92 Å². The smallest absolute Gasteiger partial charge is 0.325 e. The largest absolute Gasteiger partial charge is 0.465 e. The first-order chi connectivity index (χ1) is 8.58. The molecule has 0 atom stereocenters. The topological polar surface area (TPSA) is 88.2 Å². The maximum atomic E-state index is 11.9. The number of carbonyl (C=O) groups is 2. The molecule has 0 aliphatic carbocycles. The number of rotatable bonds is 6. The molecular weight excluding hydrogens is 236 g/mol. The molecule has 1 amide bonds. The van der Waals surface area contributed by atoms with Gasteiger partial charge in [0, 0.05) is 13.5 Å². The Balaban J connectivity index is 2.59. The van der Waals surface area contributed by atoms with E-state index in [-0.39, 0.29) is 12.4 Å². The van der Waals surface area contributed by atoms with Gasteiger partial charge >= 0.3 is 5.97 Å². The lowest BCUT2D eigenvalue weighted by Crippen LogP contribution is -2.33. The van der Waals surface area contributed by atoms with E-state index in [4.69, 9.17) is 4.74 Å². The molecule has 0 radical (unpaired) electrons. The van der Waals surface area contributed by atoms with Crippen molar-refractivity contribution >= 4 is 11.9 Å². The van der Waals surface area contributed by atoms with Gasteiger partial charge < -0.3 is 9.64 Å². The summed E-state index contributed by atoms with van der Waals surface area (Å²) in [5.41, 5.74) is 0. The number of hydrogen-bond acceptors (Lipinski definition) is 5. The molecule has 1 rings (SSSR count). The molecule has 0 aliphatic rings. The lowest BCUT2D eigenvalue weighted by atomic mass is 10.3. The number of nitrogens with one attached hydrogen (secondary N) is 1. The van der Waals surface area contributed by atoms with Gasteiger partial charge in [-0.1, -0.05) is 6.92 Å². The van der Waals surface area contributed by atoms with Crippen molar-refractivity contribution in [3.8, 4) is 0 Å². The van der Waals surface area contributed by atoms with E-state index in [0.717, 1.165) is 12.8 Å². The Morgan fingerprint density at radius 2 is 2.11 bits per heavy atom. The highest BCUT2D eigenvalue weighted by atomic mass is 16.5. The van der Waals surface area contributed by atoms with Crippen LogP contribution < -0.4 is 0 Å². The Bertz CT molecular complexity index is 416. The summed E-state index contributed by atoms with van der Waals surface area (Å²) in [6.45, 7) is 3.91. The summed E-state index contributed by atoms with van der Waals surface area (Å²) in [4.78, 5) is 28.4. The highest BCUT2D eigenvalue weighted by Gasteiger charge is 2.19. The minimum atomic E-state index is -0.447. The number of likely N-dealkylation sites (N-methyl/N-ethyl adjacent to an activating group) is 1. The van der Waals surface area contributed by atoms with Crippen LogP contribution in [0.1, 0.15) is 36.7 Å². The third-order valence-electron chi connectivity index (χ3n) is 2.23. The van der Waals surface area contributed by atoms with E-state index < -0.39 is 11.9 Å². The monoisotopic (exact) mass is 254 g/mol. The number of aromatic nitrogens is 3. The Morgan fingerprint density at radius 1 is 1.39 bits per heavy atom. The molecule has 1 aromatic rings. The maximum absolute atomic E-state index is 11.9. The fourth-order valence-electron chi connectivity index (χ4n) is 1.38. The van der Waals surface area contributed by atoms with Crippen LogP contribution in [0.2, 0.25) is 0 Å². The van der Waals surface area contributed by atoms with Gasteiger partial charge in [0.05, 0.1) is 6.61 Å². The molecule has 1 aromatic heterocycles. The molecule has 0 aromatic carbocycles. The minimum Gasteiger partial charge on any atom is -0.465 e. The molecule has 0 aliphatic heterocycles. The molecule has 100 valence electrons. The summed E-state index contributed by atoms with van der Waals surface area (Å²) >= 11 is 0. The van der Waals surface area contributed by atoms with Crippen molar-refractivity contribution in [1.29, 1.82) is 0 Å². The molecule has 0 fully saturated rings. The van der Waals surface area contributed by atoms with E-state index in [2.05, 4.69) is 15.2 Å². The van der Waals surface area contributed by atoms with Crippen LogP contribution in [0.25, 0.3) is 0 Å². The standard InChI is InChI=1S/C11H18N4O3/c1-4-6-8-12-10(14-13-8)11(17)15(3)7-9(16)18-5-2/h4-7H2,1-3H3,(H,12,13,14). The lowest BCUT2D eigenvalue weighted by Gasteiger charge is -2.13. The zero-order chi connectivity index (χ0) is 13.5. The second kappa shape index (κ2) is 6.73. The van der Waals surface area contributed by atoms with Crippen molar-refractivity contribution < 1.29 is 14.3 Å². The van der Waals surface area contributed by atoms with E-state index >= 15 is 0 Å². The van der Waals surface area contributed by atoms with Crippen molar-refractivity contribution in [1.82, 2.24) is 20.1 Å². The zero-order valence-electron chi connectivity index (χ0n) is 10.9. The van der Waals surface area contributed by atoms with Gasteiger partial charge in [-0.05, 0) is 13.3 Å². The Labute approximate surface area is 106 Å². The molecular formula is C11H18N4O3. The van der Waals surface area contributed by atoms with E-state index in [1.165, 1.54) is 11.9 Å². The molecule has 0 bridgehead atoms. The highest BCUT2D eigenvalue weighted by Crippen LogP contribution is 2.00. The number of aromatic amines is 1. The molecule has 0 spiro atoms. The van der Waals surface area contributed by atoms with Crippen LogP contribution in [0.5, 0.6) is 0 Å². The molecule has 7 nitrogen and oxygen atoms in total. The molecule has 0 unspecified atom stereocenters. The number of aryl methyl sites for hydroxylation is 1. The predicted molar refractivity (Wildman–Crippen MR) is 64.0 cm³/mol. The minimum absolute atomic E-state index is 0.0743. The molecule has 18 heavy (non-hydrogen) atoms. The van der Waals surface area contributed by atoms with Gasteiger partial charge in [-0.15, -0.1) is 5.10 Å². The number of amides is 1. The summed E-state index contributed by atoms with van der Waals surface area (Å²) in [6, 6.07) is 0. The fraction of sp³-hybridized carbons (Fsp3) is 0.636. The highest BCUT2D eigenvalue weighted by molar-refractivity contribution is 5.92. The Kier molecular flexibility index (Phi) is 5.29. The first-order valence-electron chi connectivity index (χ1n) is 5.90. The molecule has 1 N–H and O–H groups in total. The number of hydrogen-bond donors (Lipinski definition) is 1. The quantitative estimate of drug-likeness (QED) is 0.742. The van der Waals surface area contributed by atoms with Crippen molar-refractivity contribution in [3.63, 3.8) is 0 Å². The van der Waals surface area contributed by atoms with Crippen molar-refractivity contribution in [2.75, 3.05) is 20.2 Å². The van der Waals surface area contributed by atoms with Gasteiger partial charge in [0.1, 0.15) is 12.4 Å². The van der Waals surface area contributed by atoms with Crippen LogP contribution in [0.4, 0.5) is 0 Å². The lowest BCUT2D eigenvalue weighted by molar-refractivity contribution is -0.143. The average molecular weight is 254 g/mol. The number of ether oxygens (including phenoxy) is 1. The van der Waals surface area contributed by atoms with Gasteiger partial charge in [0.25, 0.3) is 5.91 Å². The summed E-state index contributed by atoms with van der Waals surface area (Å²) < 4.78 is 4.76. The van der Waals surface area contributed by atoms with Crippen molar-refractivity contribution in [2.45, 2.75) is 26.7 Å². The Morgan fingerprint density at radius 3 is 2.72 bits per heavy atom. The molecule has 0 saturated carbocycles. The molecule has 0 saturated heterocycles. The summed E-state index contributed by atoms with van der Waals surface area (Å²) in [5, 5.41) is 6.53. The normalized spacial score (nSPS) is 10.2. The van der Waals surface area contributed by atoms with Gasteiger partial charge in [-0.3, -0.25) is 14.7 Å².